The molecule has 0 saturated heterocycles. The van der Waals surface area contributed by atoms with Crippen molar-refractivity contribution in [1.29, 1.82) is 0 Å². The van der Waals surface area contributed by atoms with Gasteiger partial charge in [0.2, 0.25) is 5.88 Å². The molecule has 0 atom stereocenters. The Morgan fingerprint density at radius 2 is 2.04 bits per heavy atom. The smallest absolute Gasteiger partial charge is 0.261 e. The van der Waals surface area contributed by atoms with Gasteiger partial charge in [-0.1, -0.05) is 11.6 Å². The second-order valence-electron chi connectivity index (χ2n) is 4.84. The number of hydrogen-bond donors (Lipinski definition) is 1. The van der Waals surface area contributed by atoms with Crippen molar-refractivity contribution in [3.05, 3.63) is 41.0 Å². The van der Waals surface area contributed by atoms with Gasteiger partial charge in [-0.3, -0.25) is 4.79 Å². The minimum atomic E-state index is -0.369. The first-order valence-corrected chi connectivity index (χ1v) is 7.46. The number of pyridine rings is 1. The van der Waals surface area contributed by atoms with E-state index in [4.69, 9.17) is 25.8 Å². The number of carbonyl (C=O) groups excluding carboxylic acids is 1. The Hall–Kier alpha value is -2.47. The second-order valence-corrected chi connectivity index (χ2v) is 5.25. The van der Waals surface area contributed by atoms with E-state index in [0.717, 1.165) is 6.42 Å². The van der Waals surface area contributed by atoms with Gasteiger partial charge in [-0.2, -0.15) is 0 Å². The number of carbonyl (C=O) groups is 1. The number of benzene rings is 1. The van der Waals surface area contributed by atoms with Gasteiger partial charge in [0.05, 0.1) is 31.0 Å². The first-order valence-electron chi connectivity index (χ1n) is 7.08. The molecule has 0 radical (unpaired) electrons. The van der Waals surface area contributed by atoms with E-state index in [-0.39, 0.29) is 11.8 Å². The standard InChI is InChI=1S/C16H15ClN2O4/c1-21-16-10(4-2-5-18-16)15(20)19-12-9-14-13(8-11(12)17)22-6-3-7-23-14/h2,4-5,8-9H,3,6-7H2,1H3,(H,19,20). The number of nitrogens with one attached hydrogen (secondary N) is 1. The van der Waals surface area contributed by atoms with Crippen molar-refractivity contribution in [2.24, 2.45) is 0 Å². The van der Waals surface area contributed by atoms with Crippen LogP contribution in [0.1, 0.15) is 16.8 Å². The lowest BCUT2D eigenvalue weighted by molar-refractivity contribution is 0.102. The van der Waals surface area contributed by atoms with Gasteiger partial charge in [0, 0.05) is 24.8 Å². The van der Waals surface area contributed by atoms with Crippen LogP contribution in [0.3, 0.4) is 0 Å². The number of fused-ring (bicyclic) bond motifs is 1. The van der Waals surface area contributed by atoms with Gasteiger partial charge in [-0.25, -0.2) is 4.98 Å². The summed E-state index contributed by atoms with van der Waals surface area (Å²) in [5, 5.41) is 3.11. The maximum absolute atomic E-state index is 12.4. The van der Waals surface area contributed by atoms with Crippen molar-refractivity contribution >= 4 is 23.2 Å². The quantitative estimate of drug-likeness (QED) is 0.933. The van der Waals surface area contributed by atoms with Crippen molar-refractivity contribution in [2.45, 2.75) is 6.42 Å². The molecule has 120 valence electrons. The van der Waals surface area contributed by atoms with Gasteiger partial charge in [0.1, 0.15) is 5.56 Å². The lowest BCUT2D eigenvalue weighted by atomic mass is 10.2. The maximum Gasteiger partial charge on any atom is 0.261 e. The predicted molar refractivity (Wildman–Crippen MR) is 85.8 cm³/mol. The van der Waals surface area contributed by atoms with Crippen LogP contribution in [0.15, 0.2) is 30.5 Å². The summed E-state index contributed by atoms with van der Waals surface area (Å²) in [4.78, 5) is 16.4. The minimum Gasteiger partial charge on any atom is -0.490 e. The second kappa shape index (κ2) is 6.75. The van der Waals surface area contributed by atoms with E-state index in [9.17, 15) is 4.79 Å². The van der Waals surface area contributed by atoms with Gasteiger partial charge in [-0.05, 0) is 12.1 Å². The molecular formula is C16H15ClN2O4. The van der Waals surface area contributed by atoms with Gasteiger partial charge >= 0.3 is 0 Å². The van der Waals surface area contributed by atoms with Crippen molar-refractivity contribution in [1.82, 2.24) is 4.98 Å². The molecule has 1 aromatic carbocycles. The molecule has 0 saturated carbocycles. The summed E-state index contributed by atoms with van der Waals surface area (Å²) in [6, 6.07) is 6.58. The summed E-state index contributed by atoms with van der Waals surface area (Å²) in [5.41, 5.74) is 0.755. The fourth-order valence-electron chi connectivity index (χ4n) is 2.20. The molecule has 0 bridgehead atoms. The van der Waals surface area contributed by atoms with Crippen molar-refractivity contribution in [3.63, 3.8) is 0 Å². The topological polar surface area (TPSA) is 69.7 Å². The molecule has 1 N–H and O–H groups in total. The van der Waals surface area contributed by atoms with Crippen molar-refractivity contribution < 1.29 is 19.0 Å². The van der Waals surface area contributed by atoms with Crippen LogP contribution in [0.2, 0.25) is 5.02 Å². The van der Waals surface area contributed by atoms with Crippen LogP contribution in [0.5, 0.6) is 17.4 Å². The number of ether oxygens (including phenoxy) is 3. The van der Waals surface area contributed by atoms with Gasteiger partial charge in [-0.15, -0.1) is 0 Å². The largest absolute Gasteiger partial charge is 0.490 e. The van der Waals surface area contributed by atoms with Gasteiger partial charge in [0.25, 0.3) is 5.91 Å². The zero-order chi connectivity index (χ0) is 16.2. The van der Waals surface area contributed by atoms with Gasteiger partial charge in [0.15, 0.2) is 11.5 Å². The minimum absolute atomic E-state index is 0.246. The summed E-state index contributed by atoms with van der Waals surface area (Å²) in [7, 11) is 1.46. The normalized spacial score (nSPS) is 13.1. The molecule has 0 fully saturated rings. The molecule has 7 heteroatoms. The summed E-state index contributed by atoms with van der Waals surface area (Å²) >= 11 is 6.22. The van der Waals surface area contributed by atoms with Crippen molar-refractivity contribution in [3.8, 4) is 17.4 Å². The monoisotopic (exact) mass is 334 g/mol. The van der Waals surface area contributed by atoms with Crippen LogP contribution in [0.4, 0.5) is 5.69 Å². The highest BCUT2D eigenvalue weighted by atomic mass is 35.5. The lowest BCUT2D eigenvalue weighted by Crippen LogP contribution is -2.14. The van der Waals surface area contributed by atoms with Crippen LogP contribution in [-0.4, -0.2) is 31.2 Å². The first-order chi connectivity index (χ1) is 11.2. The number of hydrogen-bond acceptors (Lipinski definition) is 5. The fraction of sp³-hybridized carbons (Fsp3) is 0.250. The Kier molecular flexibility index (Phi) is 4.52. The molecule has 1 aliphatic heterocycles. The Morgan fingerprint density at radius 1 is 1.30 bits per heavy atom. The highest BCUT2D eigenvalue weighted by Crippen LogP contribution is 2.38. The third-order valence-electron chi connectivity index (χ3n) is 3.29. The van der Waals surface area contributed by atoms with E-state index >= 15 is 0 Å². The van der Waals surface area contributed by atoms with Crippen LogP contribution in [0, 0.1) is 0 Å². The van der Waals surface area contributed by atoms with Crippen LogP contribution in [-0.2, 0) is 0 Å². The molecule has 3 rings (SSSR count). The number of aromatic nitrogens is 1. The van der Waals surface area contributed by atoms with Crippen LogP contribution >= 0.6 is 11.6 Å². The van der Waals surface area contributed by atoms with Gasteiger partial charge < -0.3 is 19.5 Å². The molecule has 0 aliphatic carbocycles. The molecule has 6 nitrogen and oxygen atoms in total. The van der Waals surface area contributed by atoms with E-state index in [1.807, 2.05) is 0 Å². The SMILES string of the molecule is COc1ncccc1C(=O)Nc1cc2c(cc1Cl)OCCCO2. The van der Waals surface area contributed by atoms with Crippen LogP contribution < -0.4 is 19.5 Å². The number of halogens is 1. The maximum atomic E-state index is 12.4. The van der Waals surface area contributed by atoms with Crippen molar-refractivity contribution in [2.75, 3.05) is 25.6 Å². The number of rotatable bonds is 3. The van der Waals surface area contributed by atoms with Crippen LogP contribution in [0.25, 0.3) is 0 Å². The van der Waals surface area contributed by atoms with E-state index < -0.39 is 0 Å². The summed E-state index contributed by atoms with van der Waals surface area (Å²) < 4.78 is 16.3. The van der Waals surface area contributed by atoms with E-state index in [2.05, 4.69) is 10.3 Å². The molecule has 2 heterocycles. The average molecular weight is 335 g/mol. The summed E-state index contributed by atoms with van der Waals surface area (Å²) in [5.74, 6) is 1.01. The molecule has 23 heavy (non-hydrogen) atoms. The van der Waals surface area contributed by atoms with E-state index in [1.165, 1.54) is 7.11 Å². The predicted octanol–water partition coefficient (Wildman–Crippen LogP) is 3.16. The number of nitrogens with zero attached hydrogens (tertiary/aromatic N) is 1. The molecule has 0 spiro atoms. The Labute approximate surface area is 138 Å². The Bertz CT molecular complexity index is 736. The molecular weight excluding hydrogens is 320 g/mol. The van der Waals surface area contributed by atoms with E-state index in [0.29, 0.717) is 41.0 Å². The third kappa shape index (κ3) is 3.32. The zero-order valence-electron chi connectivity index (χ0n) is 12.5. The Morgan fingerprint density at radius 3 is 2.78 bits per heavy atom. The molecule has 1 amide bonds. The Balaban J connectivity index is 1.88. The lowest BCUT2D eigenvalue weighted by Gasteiger charge is -2.13. The highest BCUT2D eigenvalue weighted by Gasteiger charge is 2.18. The fourth-order valence-corrected chi connectivity index (χ4v) is 2.40. The third-order valence-corrected chi connectivity index (χ3v) is 3.61. The number of anilines is 1. The molecule has 1 aromatic heterocycles. The highest BCUT2D eigenvalue weighted by molar-refractivity contribution is 6.34. The first kappa shape index (κ1) is 15.4. The summed E-state index contributed by atoms with van der Waals surface area (Å²) in [6.45, 7) is 1.13. The number of amides is 1. The molecule has 2 aromatic rings. The zero-order valence-corrected chi connectivity index (χ0v) is 13.2. The average Bonchev–Trinajstić information content (AvgIpc) is 2.80. The number of methoxy groups -OCH3 is 1. The molecule has 1 aliphatic rings. The summed E-state index contributed by atoms with van der Waals surface area (Å²) in [6.07, 6.45) is 2.34. The van der Waals surface area contributed by atoms with E-state index in [1.54, 1.807) is 30.5 Å². The molecule has 0 unspecified atom stereocenters.